The van der Waals surface area contributed by atoms with E-state index >= 15 is 0 Å². The summed E-state index contributed by atoms with van der Waals surface area (Å²) in [6, 6.07) is 1.24. The van der Waals surface area contributed by atoms with Crippen LogP contribution in [0.2, 0.25) is 0 Å². The van der Waals surface area contributed by atoms with Crippen molar-refractivity contribution in [3.63, 3.8) is 0 Å². The minimum atomic E-state index is -1.32. The number of nitrogens with one attached hydrogen (secondary N) is 1. The molecule has 0 radical (unpaired) electrons. The first-order valence-corrected chi connectivity index (χ1v) is 5.00. The molecule has 0 unspecified atom stereocenters. The topological polar surface area (TPSA) is 129 Å². The predicted molar refractivity (Wildman–Crippen MR) is 54.2 cm³/mol. The van der Waals surface area contributed by atoms with Crippen LogP contribution in [0, 0.1) is 10.1 Å². The molecule has 0 aliphatic carbocycles. The van der Waals surface area contributed by atoms with E-state index in [0.29, 0.717) is 0 Å². The van der Waals surface area contributed by atoms with Gasteiger partial charge in [0.05, 0.1) is 11.5 Å². The number of nitrogens with zero attached hydrogens (tertiary/aromatic N) is 1. The number of aliphatic hydroxyl groups is 3. The van der Waals surface area contributed by atoms with E-state index in [1.165, 1.54) is 12.3 Å². The molecule has 8 heteroatoms. The zero-order chi connectivity index (χ0) is 12.6. The standard InChI is InChI=1S/C9H12N2O6/c12-3-5-7(13)8(14)9(17-5)6-4(11(15)16)1-2-10-6/h1-2,5,7-10,12-14H,3H2/t5-,7-,8-,9+/m1/s1. The minimum Gasteiger partial charge on any atom is -0.394 e. The molecule has 4 N–H and O–H groups in total. The Labute approximate surface area is 95.6 Å². The van der Waals surface area contributed by atoms with E-state index in [1.54, 1.807) is 0 Å². The Morgan fingerprint density at radius 3 is 2.71 bits per heavy atom. The van der Waals surface area contributed by atoms with Crippen LogP contribution in [0.15, 0.2) is 12.3 Å². The van der Waals surface area contributed by atoms with E-state index in [1.807, 2.05) is 0 Å². The molecule has 1 aromatic heterocycles. The fraction of sp³-hybridized carbons (Fsp3) is 0.556. The number of aromatic amines is 1. The van der Waals surface area contributed by atoms with E-state index in [0.717, 1.165) is 0 Å². The maximum atomic E-state index is 10.7. The third-order valence-corrected chi connectivity index (χ3v) is 2.78. The molecule has 8 nitrogen and oxygen atoms in total. The summed E-state index contributed by atoms with van der Waals surface area (Å²) in [6.45, 7) is -0.469. The summed E-state index contributed by atoms with van der Waals surface area (Å²) in [4.78, 5) is 12.7. The Morgan fingerprint density at radius 1 is 1.47 bits per heavy atom. The lowest BCUT2D eigenvalue weighted by atomic mass is 10.1. The van der Waals surface area contributed by atoms with E-state index in [2.05, 4.69) is 4.98 Å². The Hall–Kier alpha value is -1.48. The Kier molecular flexibility index (Phi) is 3.11. The molecular weight excluding hydrogens is 232 g/mol. The molecule has 94 valence electrons. The summed E-state index contributed by atoms with van der Waals surface area (Å²) in [5.74, 6) is 0. The number of ether oxygens (including phenoxy) is 1. The van der Waals surface area contributed by atoms with Gasteiger partial charge in [0, 0.05) is 12.3 Å². The van der Waals surface area contributed by atoms with Crippen molar-refractivity contribution in [2.75, 3.05) is 6.61 Å². The molecule has 1 aromatic rings. The van der Waals surface area contributed by atoms with Crippen molar-refractivity contribution in [1.29, 1.82) is 0 Å². The second kappa shape index (κ2) is 4.41. The molecule has 0 bridgehead atoms. The van der Waals surface area contributed by atoms with E-state index in [9.17, 15) is 20.3 Å². The highest BCUT2D eigenvalue weighted by Gasteiger charge is 2.45. The number of rotatable bonds is 3. The lowest BCUT2D eigenvalue weighted by Gasteiger charge is -2.12. The maximum Gasteiger partial charge on any atom is 0.292 e. The van der Waals surface area contributed by atoms with Gasteiger partial charge in [-0.05, 0) is 0 Å². The first-order valence-electron chi connectivity index (χ1n) is 5.00. The van der Waals surface area contributed by atoms with Crippen molar-refractivity contribution in [1.82, 2.24) is 4.98 Å². The van der Waals surface area contributed by atoms with Crippen molar-refractivity contribution < 1.29 is 25.0 Å². The molecule has 2 heterocycles. The van der Waals surface area contributed by atoms with Gasteiger partial charge >= 0.3 is 0 Å². The van der Waals surface area contributed by atoms with Crippen molar-refractivity contribution >= 4 is 5.69 Å². The fourth-order valence-electron chi connectivity index (χ4n) is 1.90. The van der Waals surface area contributed by atoms with Crippen LogP contribution < -0.4 is 0 Å². The van der Waals surface area contributed by atoms with E-state index < -0.39 is 35.9 Å². The first-order chi connectivity index (χ1) is 8.06. The molecule has 17 heavy (non-hydrogen) atoms. The summed E-state index contributed by atoms with van der Waals surface area (Å²) < 4.78 is 5.18. The predicted octanol–water partition coefficient (Wildman–Crippen LogP) is -0.923. The number of hydrogen-bond acceptors (Lipinski definition) is 6. The third-order valence-electron chi connectivity index (χ3n) is 2.78. The van der Waals surface area contributed by atoms with Gasteiger partial charge in [-0.1, -0.05) is 0 Å². The van der Waals surface area contributed by atoms with Gasteiger partial charge in [0.25, 0.3) is 5.69 Å². The van der Waals surface area contributed by atoms with Crippen molar-refractivity contribution in [3.05, 3.63) is 28.1 Å². The van der Waals surface area contributed by atoms with E-state index in [-0.39, 0.29) is 11.4 Å². The molecule has 1 fully saturated rings. The van der Waals surface area contributed by atoms with Crippen molar-refractivity contribution in [3.8, 4) is 0 Å². The number of nitro groups is 1. The SMILES string of the molecule is O=[N+]([O-])c1cc[nH]c1[C@@H]1O[C@H](CO)[C@@H](O)[C@H]1O. The highest BCUT2D eigenvalue weighted by Crippen LogP contribution is 2.36. The highest BCUT2D eigenvalue weighted by atomic mass is 16.6. The van der Waals surface area contributed by atoms with Crippen LogP contribution in [0.4, 0.5) is 5.69 Å². The zero-order valence-electron chi connectivity index (χ0n) is 8.68. The van der Waals surface area contributed by atoms with Gasteiger partial charge in [-0.2, -0.15) is 0 Å². The molecule has 0 aromatic carbocycles. The van der Waals surface area contributed by atoms with Crippen LogP contribution in [0.5, 0.6) is 0 Å². The molecule has 0 amide bonds. The summed E-state index contributed by atoms with van der Waals surface area (Å²) in [5, 5.41) is 38.9. The molecular formula is C9H12N2O6. The van der Waals surface area contributed by atoms with Gasteiger partial charge in [0.1, 0.15) is 30.1 Å². The first kappa shape index (κ1) is 12.0. The van der Waals surface area contributed by atoms with Gasteiger partial charge in [-0.3, -0.25) is 10.1 Å². The van der Waals surface area contributed by atoms with Crippen LogP contribution in [-0.4, -0.2) is 50.1 Å². The average molecular weight is 244 g/mol. The lowest BCUT2D eigenvalue weighted by Crippen LogP contribution is -2.32. The molecule has 1 saturated heterocycles. The molecule has 4 atom stereocenters. The summed E-state index contributed by atoms with van der Waals surface area (Å²) in [6.07, 6.45) is -3.23. The van der Waals surface area contributed by atoms with Gasteiger partial charge in [0.15, 0.2) is 0 Å². The molecule has 1 aliphatic heterocycles. The smallest absolute Gasteiger partial charge is 0.292 e. The Bertz CT molecular complexity index is 419. The Balaban J connectivity index is 2.29. The van der Waals surface area contributed by atoms with Gasteiger partial charge < -0.3 is 25.0 Å². The Morgan fingerprint density at radius 2 is 2.18 bits per heavy atom. The zero-order valence-corrected chi connectivity index (χ0v) is 8.68. The minimum absolute atomic E-state index is 0.0810. The summed E-state index contributed by atoms with van der Waals surface area (Å²) >= 11 is 0. The van der Waals surface area contributed by atoms with Crippen LogP contribution in [0.3, 0.4) is 0 Å². The maximum absolute atomic E-state index is 10.7. The van der Waals surface area contributed by atoms with Gasteiger partial charge in [0.2, 0.25) is 0 Å². The largest absolute Gasteiger partial charge is 0.394 e. The fourth-order valence-corrected chi connectivity index (χ4v) is 1.90. The summed E-state index contributed by atoms with van der Waals surface area (Å²) in [7, 11) is 0. The monoisotopic (exact) mass is 244 g/mol. The van der Waals surface area contributed by atoms with E-state index in [4.69, 9.17) is 9.84 Å². The second-order valence-electron chi connectivity index (χ2n) is 3.79. The van der Waals surface area contributed by atoms with Crippen LogP contribution >= 0.6 is 0 Å². The number of H-pyrrole nitrogens is 1. The normalized spacial score (nSPS) is 32.9. The third kappa shape index (κ3) is 1.91. The van der Waals surface area contributed by atoms with Crippen LogP contribution in [-0.2, 0) is 4.74 Å². The quantitative estimate of drug-likeness (QED) is 0.402. The average Bonchev–Trinajstić information content (AvgIpc) is 2.86. The molecule has 2 rings (SSSR count). The highest BCUT2D eigenvalue weighted by molar-refractivity contribution is 5.38. The number of hydrogen-bond donors (Lipinski definition) is 4. The van der Waals surface area contributed by atoms with Crippen molar-refractivity contribution in [2.45, 2.75) is 24.4 Å². The molecule has 0 spiro atoms. The van der Waals surface area contributed by atoms with Gasteiger partial charge in [-0.25, -0.2) is 0 Å². The van der Waals surface area contributed by atoms with Crippen LogP contribution in [0.25, 0.3) is 0 Å². The second-order valence-corrected chi connectivity index (χ2v) is 3.79. The lowest BCUT2D eigenvalue weighted by molar-refractivity contribution is -0.386. The molecule has 0 saturated carbocycles. The number of aromatic nitrogens is 1. The number of aliphatic hydroxyl groups excluding tert-OH is 3. The molecule has 1 aliphatic rings. The summed E-state index contributed by atoms with van der Waals surface area (Å²) in [5.41, 5.74) is -0.141. The van der Waals surface area contributed by atoms with Gasteiger partial charge in [-0.15, -0.1) is 0 Å². The van der Waals surface area contributed by atoms with Crippen LogP contribution in [0.1, 0.15) is 11.8 Å². The van der Waals surface area contributed by atoms with Crippen molar-refractivity contribution in [2.24, 2.45) is 0 Å².